The van der Waals surface area contributed by atoms with E-state index >= 15 is 0 Å². The van der Waals surface area contributed by atoms with Gasteiger partial charge >= 0.3 is 0 Å². The van der Waals surface area contributed by atoms with Crippen molar-refractivity contribution in [2.75, 3.05) is 13.1 Å². The van der Waals surface area contributed by atoms with Crippen LogP contribution < -0.4 is 0 Å². The predicted octanol–water partition coefficient (Wildman–Crippen LogP) is 0.681. The van der Waals surface area contributed by atoms with Gasteiger partial charge in [0.05, 0.1) is 17.9 Å². The van der Waals surface area contributed by atoms with E-state index in [9.17, 15) is 8.42 Å². The molecule has 0 N–H and O–H groups in total. The van der Waals surface area contributed by atoms with Gasteiger partial charge in [-0.2, -0.15) is 9.40 Å². The highest BCUT2D eigenvalue weighted by Gasteiger charge is 2.28. The number of aromatic nitrogens is 2. The average Bonchev–Trinajstić information content (AvgIpc) is 2.49. The standard InChI is InChI=1S/C11H17N3O2S/c1-6-8-14(7-2)17(15,16)11-9(3)12-13(5)10(11)4/h1H,7-8H2,2-5H3. The van der Waals surface area contributed by atoms with Gasteiger partial charge in [0.25, 0.3) is 0 Å². The monoisotopic (exact) mass is 255 g/mol. The smallest absolute Gasteiger partial charge is 0.247 e. The first kappa shape index (κ1) is 13.7. The van der Waals surface area contributed by atoms with Gasteiger partial charge in [-0.25, -0.2) is 8.42 Å². The molecule has 0 bridgehead atoms. The van der Waals surface area contributed by atoms with Gasteiger partial charge in [0, 0.05) is 13.6 Å². The zero-order valence-electron chi connectivity index (χ0n) is 10.6. The van der Waals surface area contributed by atoms with Crippen molar-refractivity contribution in [1.29, 1.82) is 0 Å². The fourth-order valence-electron chi connectivity index (χ4n) is 1.73. The summed E-state index contributed by atoms with van der Waals surface area (Å²) in [6, 6.07) is 0. The van der Waals surface area contributed by atoms with Crippen LogP contribution in [0.3, 0.4) is 0 Å². The second-order valence-electron chi connectivity index (χ2n) is 3.76. The molecule has 6 heteroatoms. The Morgan fingerprint density at radius 1 is 1.47 bits per heavy atom. The number of terminal acetylenes is 1. The van der Waals surface area contributed by atoms with Crippen LogP contribution in [0.25, 0.3) is 0 Å². The van der Waals surface area contributed by atoms with Gasteiger partial charge in [-0.3, -0.25) is 4.68 Å². The van der Waals surface area contributed by atoms with Crippen molar-refractivity contribution in [3.63, 3.8) is 0 Å². The third-order valence-corrected chi connectivity index (χ3v) is 4.83. The van der Waals surface area contributed by atoms with Crippen molar-refractivity contribution in [2.45, 2.75) is 25.7 Å². The number of rotatable bonds is 4. The summed E-state index contributed by atoms with van der Waals surface area (Å²) in [7, 11) is -1.83. The van der Waals surface area contributed by atoms with E-state index in [-0.39, 0.29) is 11.4 Å². The van der Waals surface area contributed by atoms with Gasteiger partial charge < -0.3 is 0 Å². The van der Waals surface area contributed by atoms with Crippen LogP contribution in [0.15, 0.2) is 4.90 Å². The highest BCUT2D eigenvalue weighted by molar-refractivity contribution is 7.89. The van der Waals surface area contributed by atoms with Crippen LogP contribution in [-0.4, -0.2) is 35.6 Å². The second kappa shape index (κ2) is 4.90. The normalized spacial score (nSPS) is 11.8. The van der Waals surface area contributed by atoms with Crippen molar-refractivity contribution in [1.82, 2.24) is 14.1 Å². The van der Waals surface area contributed by atoms with Gasteiger partial charge in [-0.05, 0) is 13.8 Å². The lowest BCUT2D eigenvalue weighted by Crippen LogP contribution is -2.32. The summed E-state index contributed by atoms with van der Waals surface area (Å²) in [5.41, 5.74) is 1.12. The maximum Gasteiger partial charge on any atom is 0.247 e. The zero-order chi connectivity index (χ0) is 13.2. The molecule has 0 aliphatic carbocycles. The summed E-state index contributed by atoms with van der Waals surface area (Å²) >= 11 is 0. The van der Waals surface area contributed by atoms with Crippen LogP contribution >= 0.6 is 0 Å². The Bertz CT molecular complexity index is 552. The molecular formula is C11H17N3O2S. The predicted molar refractivity (Wildman–Crippen MR) is 65.9 cm³/mol. The van der Waals surface area contributed by atoms with E-state index in [1.165, 1.54) is 4.31 Å². The minimum Gasteiger partial charge on any atom is -0.271 e. The van der Waals surface area contributed by atoms with E-state index in [0.717, 1.165) is 0 Å². The lowest BCUT2D eigenvalue weighted by atomic mass is 10.4. The van der Waals surface area contributed by atoms with E-state index in [4.69, 9.17) is 6.42 Å². The number of hydrogen-bond donors (Lipinski definition) is 0. The molecule has 5 nitrogen and oxygen atoms in total. The highest BCUT2D eigenvalue weighted by Crippen LogP contribution is 2.22. The summed E-state index contributed by atoms with van der Waals surface area (Å²) in [6.45, 7) is 5.60. The number of aryl methyl sites for hydroxylation is 2. The lowest BCUT2D eigenvalue weighted by molar-refractivity contribution is 0.463. The van der Waals surface area contributed by atoms with E-state index in [1.54, 1.807) is 32.5 Å². The summed E-state index contributed by atoms with van der Waals surface area (Å²) in [4.78, 5) is 0.261. The Balaban J connectivity index is 3.36. The van der Waals surface area contributed by atoms with Crippen molar-refractivity contribution in [3.05, 3.63) is 11.4 Å². The van der Waals surface area contributed by atoms with Crippen molar-refractivity contribution in [3.8, 4) is 12.3 Å². The number of hydrogen-bond acceptors (Lipinski definition) is 3. The molecule has 0 amide bonds. The maximum absolute atomic E-state index is 12.4. The molecule has 0 unspecified atom stereocenters. The van der Waals surface area contributed by atoms with Gasteiger partial charge in [0.2, 0.25) is 10.0 Å². The molecular weight excluding hydrogens is 238 g/mol. The molecule has 0 saturated heterocycles. The van der Waals surface area contributed by atoms with E-state index in [0.29, 0.717) is 17.9 Å². The van der Waals surface area contributed by atoms with Gasteiger partial charge in [0.15, 0.2) is 0 Å². The molecule has 0 saturated carbocycles. The fraction of sp³-hybridized carbons (Fsp3) is 0.545. The molecule has 0 spiro atoms. The summed E-state index contributed by atoms with van der Waals surface area (Å²) in [6.07, 6.45) is 5.18. The molecule has 17 heavy (non-hydrogen) atoms. The largest absolute Gasteiger partial charge is 0.271 e. The molecule has 0 atom stereocenters. The zero-order valence-corrected chi connectivity index (χ0v) is 11.4. The molecule has 0 aromatic carbocycles. The summed E-state index contributed by atoms with van der Waals surface area (Å²) in [5, 5.41) is 4.11. The molecule has 0 aliphatic rings. The molecule has 1 aromatic rings. The SMILES string of the molecule is C#CCN(CC)S(=O)(=O)c1c(C)nn(C)c1C. The van der Waals surface area contributed by atoms with Gasteiger partial charge in [-0.15, -0.1) is 6.42 Å². The average molecular weight is 255 g/mol. The topological polar surface area (TPSA) is 55.2 Å². The van der Waals surface area contributed by atoms with E-state index in [2.05, 4.69) is 11.0 Å². The quantitative estimate of drug-likeness (QED) is 0.743. The van der Waals surface area contributed by atoms with Crippen LogP contribution in [0.5, 0.6) is 0 Å². The van der Waals surface area contributed by atoms with Gasteiger partial charge in [0.1, 0.15) is 4.90 Å². The van der Waals surface area contributed by atoms with Crippen molar-refractivity contribution >= 4 is 10.0 Å². The van der Waals surface area contributed by atoms with Crippen molar-refractivity contribution in [2.24, 2.45) is 7.05 Å². The van der Waals surface area contributed by atoms with Crippen molar-refractivity contribution < 1.29 is 8.42 Å². The number of sulfonamides is 1. The van der Waals surface area contributed by atoms with Crippen LogP contribution in [0.4, 0.5) is 0 Å². The Labute approximate surface area is 102 Å². The fourth-order valence-corrected chi connectivity index (χ4v) is 3.49. The minimum absolute atomic E-state index is 0.0760. The first-order chi connectivity index (χ1) is 7.86. The molecule has 0 fully saturated rings. The van der Waals surface area contributed by atoms with E-state index in [1.807, 2.05) is 0 Å². The first-order valence-electron chi connectivity index (χ1n) is 5.30. The Hall–Kier alpha value is -1.32. The third kappa shape index (κ3) is 2.35. The molecule has 94 valence electrons. The van der Waals surface area contributed by atoms with Crippen LogP contribution in [0.2, 0.25) is 0 Å². The molecule has 1 rings (SSSR count). The first-order valence-corrected chi connectivity index (χ1v) is 6.74. The highest BCUT2D eigenvalue weighted by atomic mass is 32.2. The Kier molecular flexibility index (Phi) is 3.96. The molecule has 0 aliphatic heterocycles. The maximum atomic E-state index is 12.4. The molecule has 1 aromatic heterocycles. The number of nitrogens with zero attached hydrogens (tertiary/aromatic N) is 3. The van der Waals surface area contributed by atoms with Crippen LogP contribution in [-0.2, 0) is 17.1 Å². The van der Waals surface area contributed by atoms with Gasteiger partial charge in [-0.1, -0.05) is 12.8 Å². The van der Waals surface area contributed by atoms with Crippen LogP contribution in [0.1, 0.15) is 18.3 Å². The van der Waals surface area contributed by atoms with E-state index < -0.39 is 10.0 Å². The summed E-state index contributed by atoms with van der Waals surface area (Å²) in [5.74, 6) is 2.36. The Morgan fingerprint density at radius 3 is 2.41 bits per heavy atom. The Morgan fingerprint density at radius 2 is 2.06 bits per heavy atom. The summed E-state index contributed by atoms with van der Waals surface area (Å²) < 4.78 is 27.6. The molecule has 0 radical (unpaired) electrons. The minimum atomic E-state index is -3.55. The lowest BCUT2D eigenvalue weighted by Gasteiger charge is -2.17. The van der Waals surface area contributed by atoms with Crippen LogP contribution in [0, 0.1) is 26.2 Å². The second-order valence-corrected chi connectivity index (χ2v) is 5.63. The third-order valence-electron chi connectivity index (χ3n) is 2.66. The molecule has 1 heterocycles.